The molecule has 1 aliphatic carbocycles. The molecule has 1 fully saturated rings. The Kier molecular flexibility index (Phi) is 5.60. The maximum atomic E-state index is 12.8. The van der Waals surface area contributed by atoms with Gasteiger partial charge in [0, 0.05) is 28.7 Å². The second-order valence-corrected chi connectivity index (χ2v) is 7.78. The van der Waals surface area contributed by atoms with E-state index >= 15 is 0 Å². The van der Waals surface area contributed by atoms with Gasteiger partial charge in [0.05, 0.1) is 10.9 Å². The van der Waals surface area contributed by atoms with Crippen LogP contribution in [0.4, 0.5) is 10.5 Å². The van der Waals surface area contributed by atoms with Gasteiger partial charge in [-0.2, -0.15) is 0 Å². The Bertz CT molecular complexity index is 773. The number of benzene rings is 1. The molecule has 0 radical (unpaired) electrons. The summed E-state index contributed by atoms with van der Waals surface area (Å²) in [5.41, 5.74) is 1.16. The highest BCUT2D eigenvalue weighted by atomic mass is 35.5. The fourth-order valence-electron chi connectivity index (χ4n) is 2.44. The molecule has 2 N–H and O–H groups in total. The van der Waals surface area contributed by atoms with Gasteiger partial charge in [0.25, 0.3) is 5.91 Å². The number of hydrogen-bond donors (Lipinski definition) is 2. The summed E-state index contributed by atoms with van der Waals surface area (Å²) in [6, 6.07) is 10.8. The summed E-state index contributed by atoms with van der Waals surface area (Å²) in [7, 11) is 0. The van der Waals surface area contributed by atoms with Gasteiger partial charge in [-0.1, -0.05) is 17.7 Å². The van der Waals surface area contributed by atoms with Crippen LogP contribution in [0, 0.1) is 0 Å². The molecule has 1 aromatic carbocycles. The molecule has 132 valence electrons. The molecule has 1 saturated carbocycles. The van der Waals surface area contributed by atoms with E-state index in [0.717, 1.165) is 17.7 Å². The normalized spacial score (nSPS) is 13.4. The summed E-state index contributed by atoms with van der Waals surface area (Å²) in [6.07, 6.45) is 2.06. The highest BCUT2D eigenvalue weighted by Gasteiger charge is 2.23. The van der Waals surface area contributed by atoms with E-state index in [4.69, 9.17) is 11.6 Å². The van der Waals surface area contributed by atoms with Crippen molar-refractivity contribution in [2.24, 2.45) is 0 Å². The Labute approximate surface area is 156 Å². The summed E-state index contributed by atoms with van der Waals surface area (Å²) in [6.45, 7) is 3.05. The third-order valence-electron chi connectivity index (χ3n) is 3.92. The number of anilines is 1. The van der Waals surface area contributed by atoms with Gasteiger partial charge in [0.2, 0.25) is 0 Å². The van der Waals surface area contributed by atoms with Crippen molar-refractivity contribution in [3.8, 4) is 0 Å². The lowest BCUT2D eigenvalue weighted by molar-refractivity contribution is 0.0754. The average Bonchev–Trinajstić information content (AvgIpc) is 3.31. The molecule has 1 aliphatic rings. The molecule has 5 nitrogen and oxygen atoms in total. The molecule has 0 unspecified atom stereocenters. The maximum Gasteiger partial charge on any atom is 0.319 e. The maximum absolute atomic E-state index is 12.8. The van der Waals surface area contributed by atoms with Gasteiger partial charge in [-0.3, -0.25) is 4.79 Å². The van der Waals surface area contributed by atoms with Crippen LogP contribution in [0.3, 0.4) is 0 Å². The summed E-state index contributed by atoms with van der Waals surface area (Å²) in [4.78, 5) is 27.4. The van der Waals surface area contributed by atoms with E-state index in [2.05, 4.69) is 10.6 Å². The number of nitrogens with zero attached hydrogens (tertiary/aromatic N) is 1. The molecule has 0 spiro atoms. The van der Waals surface area contributed by atoms with Crippen molar-refractivity contribution in [3.63, 3.8) is 0 Å². The number of thiophene rings is 1. The van der Waals surface area contributed by atoms with Crippen LogP contribution in [0.15, 0.2) is 36.4 Å². The van der Waals surface area contributed by atoms with Crippen molar-refractivity contribution >= 4 is 40.6 Å². The lowest BCUT2D eigenvalue weighted by atomic mass is 10.1. The number of hydrogen-bond acceptors (Lipinski definition) is 3. The number of rotatable bonds is 6. The van der Waals surface area contributed by atoms with Gasteiger partial charge >= 0.3 is 6.03 Å². The number of carbonyl (C=O) groups is 2. The zero-order valence-electron chi connectivity index (χ0n) is 13.9. The van der Waals surface area contributed by atoms with Crippen LogP contribution in [0.5, 0.6) is 0 Å². The van der Waals surface area contributed by atoms with Crippen LogP contribution >= 0.6 is 22.9 Å². The van der Waals surface area contributed by atoms with Gasteiger partial charge in [-0.25, -0.2) is 4.79 Å². The molecular formula is C18H20ClN3O2S. The van der Waals surface area contributed by atoms with Crippen molar-refractivity contribution in [1.29, 1.82) is 0 Å². The highest BCUT2D eigenvalue weighted by Crippen LogP contribution is 2.24. The van der Waals surface area contributed by atoms with Gasteiger partial charge in [-0.05, 0) is 50.1 Å². The minimum Gasteiger partial charge on any atom is -0.335 e. The Morgan fingerprint density at radius 3 is 2.72 bits per heavy atom. The van der Waals surface area contributed by atoms with Gasteiger partial charge < -0.3 is 15.5 Å². The minimum absolute atomic E-state index is 0.0710. The fourth-order valence-corrected chi connectivity index (χ4v) is 3.55. The molecule has 0 saturated heterocycles. The monoisotopic (exact) mass is 377 g/mol. The van der Waals surface area contributed by atoms with Crippen LogP contribution in [0.1, 0.15) is 35.0 Å². The van der Waals surface area contributed by atoms with Crippen molar-refractivity contribution in [3.05, 3.63) is 51.2 Å². The Hall–Kier alpha value is -2.05. The standard InChI is InChI=1S/C18H20ClN3O2S/c1-2-22(11-15-8-9-16(19)25-15)17(23)12-4-3-5-14(10-12)21-18(24)20-13-6-7-13/h3-5,8-10,13H,2,6-7,11H2,1H3,(H2,20,21,24). The molecule has 0 bridgehead atoms. The third-order valence-corrected chi connectivity index (χ3v) is 5.14. The van der Waals surface area contributed by atoms with Crippen molar-refractivity contribution in [1.82, 2.24) is 10.2 Å². The lowest BCUT2D eigenvalue weighted by Crippen LogP contribution is -2.31. The zero-order valence-corrected chi connectivity index (χ0v) is 15.5. The molecule has 7 heteroatoms. The fraction of sp³-hybridized carbons (Fsp3) is 0.333. The van der Waals surface area contributed by atoms with Gasteiger partial charge in [0.1, 0.15) is 0 Å². The molecular weight excluding hydrogens is 358 g/mol. The Morgan fingerprint density at radius 2 is 2.08 bits per heavy atom. The second kappa shape index (κ2) is 7.89. The van der Waals surface area contributed by atoms with E-state index in [-0.39, 0.29) is 18.0 Å². The summed E-state index contributed by atoms with van der Waals surface area (Å²) in [5.74, 6) is -0.0710. The van der Waals surface area contributed by atoms with Crippen molar-refractivity contribution in [2.45, 2.75) is 32.4 Å². The first-order valence-corrected chi connectivity index (χ1v) is 9.45. The highest BCUT2D eigenvalue weighted by molar-refractivity contribution is 7.16. The molecule has 3 rings (SSSR count). The molecule has 0 atom stereocenters. The molecule has 2 aromatic rings. The molecule has 25 heavy (non-hydrogen) atoms. The topological polar surface area (TPSA) is 61.4 Å². The number of urea groups is 1. The predicted molar refractivity (Wildman–Crippen MR) is 101 cm³/mol. The Morgan fingerprint density at radius 1 is 1.28 bits per heavy atom. The number of nitrogens with one attached hydrogen (secondary N) is 2. The second-order valence-electron chi connectivity index (χ2n) is 5.98. The van der Waals surface area contributed by atoms with Gasteiger partial charge in [-0.15, -0.1) is 11.3 Å². The van der Waals surface area contributed by atoms with Crippen LogP contribution in [0.25, 0.3) is 0 Å². The summed E-state index contributed by atoms with van der Waals surface area (Å²) < 4.78 is 0.714. The van der Waals surface area contributed by atoms with E-state index in [9.17, 15) is 9.59 Å². The summed E-state index contributed by atoms with van der Waals surface area (Å²) >= 11 is 7.44. The number of halogens is 1. The van der Waals surface area contributed by atoms with Gasteiger partial charge in [0.15, 0.2) is 0 Å². The van der Waals surface area contributed by atoms with Crippen molar-refractivity contribution < 1.29 is 9.59 Å². The largest absolute Gasteiger partial charge is 0.335 e. The SMILES string of the molecule is CCN(Cc1ccc(Cl)s1)C(=O)c1cccc(NC(=O)NC2CC2)c1. The van der Waals surface area contributed by atoms with Crippen LogP contribution < -0.4 is 10.6 Å². The first-order valence-electron chi connectivity index (χ1n) is 8.26. The van der Waals surface area contributed by atoms with Crippen LogP contribution in [0.2, 0.25) is 4.34 Å². The molecule has 3 amide bonds. The van der Waals surface area contributed by atoms with E-state index in [1.165, 1.54) is 11.3 Å². The smallest absolute Gasteiger partial charge is 0.319 e. The Balaban J connectivity index is 1.67. The molecule has 1 heterocycles. The molecule has 1 aromatic heterocycles. The average molecular weight is 378 g/mol. The number of carbonyl (C=O) groups excluding carboxylic acids is 2. The van der Waals surface area contributed by atoms with Crippen LogP contribution in [-0.4, -0.2) is 29.4 Å². The van der Waals surface area contributed by atoms with Crippen molar-refractivity contribution in [2.75, 3.05) is 11.9 Å². The predicted octanol–water partition coefficient (Wildman–Crippen LogP) is 4.35. The third kappa shape index (κ3) is 4.96. The lowest BCUT2D eigenvalue weighted by Gasteiger charge is -2.20. The first kappa shape index (κ1) is 17.8. The zero-order chi connectivity index (χ0) is 17.8. The minimum atomic E-state index is -0.229. The number of amides is 3. The first-order chi connectivity index (χ1) is 12.0. The van der Waals surface area contributed by atoms with E-state index in [0.29, 0.717) is 28.7 Å². The van der Waals surface area contributed by atoms with Crippen LogP contribution in [-0.2, 0) is 6.54 Å². The quantitative estimate of drug-likeness (QED) is 0.786. The van der Waals surface area contributed by atoms with E-state index < -0.39 is 0 Å². The van der Waals surface area contributed by atoms with E-state index in [1.807, 2.05) is 19.1 Å². The molecule has 0 aliphatic heterocycles. The summed E-state index contributed by atoms with van der Waals surface area (Å²) in [5, 5.41) is 5.65. The van der Waals surface area contributed by atoms with E-state index in [1.54, 1.807) is 29.2 Å².